The number of ether oxygens (including phenoxy) is 2. The van der Waals surface area contributed by atoms with Gasteiger partial charge in [0.2, 0.25) is 0 Å². The van der Waals surface area contributed by atoms with Crippen LogP contribution < -0.4 is 20.9 Å². The van der Waals surface area contributed by atoms with E-state index >= 15 is 0 Å². The lowest BCUT2D eigenvalue weighted by molar-refractivity contribution is 0.481. The van der Waals surface area contributed by atoms with Gasteiger partial charge in [-0.25, -0.2) is 0 Å². The van der Waals surface area contributed by atoms with Crippen molar-refractivity contribution in [2.75, 3.05) is 11.5 Å². The predicted molar refractivity (Wildman–Crippen MR) is 132 cm³/mol. The van der Waals surface area contributed by atoms with Crippen LogP contribution in [0.5, 0.6) is 23.0 Å². The van der Waals surface area contributed by atoms with E-state index in [0.717, 1.165) is 69.5 Å². The van der Waals surface area contributed by atoms with E-state index in [0.29, 0.717) is 0 Å². The van der Waals surface area contributed by atoms with Gasteiger partial charge in [-0.3, -0.25) is 0 Å². The SMILES string of the molecule is CCc1cc(Oc2ccc(-c3ccc(Oc4ccc(N)c(CC)c4)cc3)cc2)ccc1N. The topological polar surface area (TPSA) is 70.5 Å². The minimum Gasteiger partial charge on any atom is -0.457 e. The molecule has 0 atom stereocenters. The van der Waals surface area contributed by atoms with Crippen molar-refractivity contribution in [1.29, 1.82) is 0 Å². The van der Waals surface area contributed by atoms with Crippen LogP contribution in [-0.2, 0) is 12.8 Å². The summed E-state index contributed by atoms with van der Waals surface area (Å²) in [5.74, 6) is 3.16. The average Bonchev–Trinajstić information content (AvgIpc) is 2.82. The van der Waals surface area contributed by atoms with Crippen LogP contribution in [0, 0.1) is 0 Å². The Balaban J connectivity index is 1.44. The number of aryl methyl sites for hydroxylation is 2. The molecule has 0 fully saturated rings. The molecule has 0 aliphatic carbocycles. The largest absolute Gasteiger partial charge is 0.457 e. The Kier molecular flexibility index (Phi) is 6.31. The van der Waals surface area contributed by atoms with Gasteiger partial charge in [-0.15, -0.1) is 0 Å². The molecule has 0 heterocycles. The van der Waals surface area contributed by atoms with Gasteiger partial charge >= 0.3 is 0 Å². The third-order valence-corrected chi connectivity index (χ3v) is 5.50. The molecule has 4 nitrogen and oxygen atoms in total. The van der Waals surface area contributed by atoms with Gasteiger partial charge in [0, 0.05) is 11.4 Å². The van der Waals surface area contributed by atoms with Crippen LogP contribution in [0.25, 0.3) is 11.1 Å². The van der Waals surface area contributed by atoms with E-state index in [9.17, 15) is 0 Å². The van der Waals surface area contributed by atoms with E-state index in [1.807, 2.05) is 60.7 Å². The molecule has 0 aromatic heterocycles. The molecule has 0 amide bonds. The summed E-state index contributed by atoms with van der Waals surface area (Å²) in [5.41, 5.74) is 17.9. The fourth-order valence-corrected chi connectivity index (χ4v) is 3.61. The molecule has 4 heteroatoms. The number of nitrogen functional groups attached to an aromatic ring is 2. The smallest absolute Gasteiger partial charge is 0.127 e. The van der Waals surface area contributed by atoms with Gasteiger partial charge in [0.05, 0.1) is 0 Å². The van der Waals surface area contributed by atoms with Crippen molar-refractivity contribution in [3.8, 4) is 34.1 Å². The zero-order valence-electron chi connectivity index (χ0n) is 18.5. The van der Waals surface area contributed by atoms with Crippen LogP contribution in [-0.4, -0.2) is 0 Å². The first-order valence-electron chi connectivity index (χ1n) is 10.9. The zero-order valence-corrected chi connectivity index (χ0v) is 18.5. The Labute approximate surface area is 189 Å². The quantitative estimate of drug-likeness (QED) is 0.307. The molecular weight excluding hydrogens is 396 g/mol. The highest BCUT2D eigenvalue weighted by Gasteiger charge is 2.05. The fraction of sp³-hybridized carbons (Fsp3) is 0.143. The molecule has 0 saturated carbocycles. The molecule has 162 valence electrons. The Bertz CT molecular complexity index is 1100. The van der Waals surface area contributed by atoms with Crippen LogP contribution in [0.2, 0.25) is 0 Å². The van der Waals surface area contributed by atoms with Crippen LogP contribution in [0.4, 0.5) is 11.4 Å². The van der Waals surface area contributed by atoms with Gasteiger partial charge in [-0.2, -0.15) is 0 Å². The van der Waals surface area contributed by atoms with Crippen molar-refractivity contribution >= 4 is 11.4 Å². The highest BCUT2D eigenvalue weighted by Crippen LogP contribution is 2.30. The van der Waals surface area contributed by atoms with E-state index in [1.165, 1.54) is 0 Å². The summed E-state index contributed by atoms with van der Waals surface area (Å²) < 4.78 is 12.0. The molecule has 4 N–H and O–H groups in total. The summed E-state index contributed by atoms with van der Waals surface area (Å²) in [7, 11) is 0. The van der Waals surface area contributed by atoms with E-state index in [-0.39, 0.29) is 0 Å². The lowest BCUT2D eigenvalue weighted by Gasteiger charge is -2.11. The molecule has 0 radical (unpaired) electrons. The second-order valence-corrected chi connectivity index (χ2v) is 7.68. The molecule has 4 rings (SSSR count). The van der Waals surface area contributed by atoms with Crippen LogP contribution in [0.3, 0.4) is 0 Å². The summed E-state index contributed by atoms with van der Waals surface area (Å²) in [6, 6.07) is 27.7. The minimum absolute atomic E-state index is 0.788. The molecule has 0 spiro atoms. The van der Waals surface area contributed by atoms with Gasteiger partial charge in [0.25, 0.3) is 0 Å². The molecule has 0 unspecified atom stereocenters. The number of hydrogen-bond donors (Lipinski definition) is 2. The summed E-state index contributed by atoms with van der Waals surface area (Å²) >= 11 is 0. The van der Waals surface area contributed by atoms with E-state index in [4.69, 9.17) is 20.9 Å². The molecule has 0 aliphatic rings. The van der Waals surface area contributed by atoms with Gasteiger partial charge in [0.1, 0.15) is 23.0 Å². The maximum Gasteiger partial charge on any atom is 0.127 e. The second-order valence-electron chi connectivity index (χ2n) is 7.68. The van der Waals surface area contributed by atoms with Crippen molar-refractivity contribution in [1.82, 2.24) is 0 Å². The standard InChI is InChI=1S/C28H28N2O2/c1-3-19-17-25(13-15-27(19)29)31-23-9-5-21(6-10-23)22-7-11-24(12-8-22)32-26-14-16-28(30)20(4-2)18-26/h5-18H,3-4,29-30H2,1-2H3. The third kappa shape index (κ3) is 4.86. The van der Waals surface area contributed by atoms with Crippen LogP contribution >= 0.6 is 0 Å². The van der Waals surface area contributed by atoms with E-state index in [2.05, 4.69) is 38.1 Å². The first-order valence-corrected chi connectivity index (χ1v) is 10.9. The number of rotatable bonds is 7. The molecule has 0 aliphatic heterocycles. The van der Waals surface area contributed by atoms with Crippen molar-refractivity contribution < 1.29 is 9.47 Å². The molecular formula is C28H28N2O2. The predicted octanol–water partition coefficient (Wildman–Crippen LogP) is 7.23. The normalized spacial score (nSPS) is 10.7. The Morgan fingerprint density at radius 1 is 0.500 bits per heavy atom. The average molecular weight is 425 g/mol. The van der Waals surface area contributed by atoms with Crippen molar-refractivity contribution in [3.05, 3.63) is 96.1 Å². The molecule has 32 heavy (non-hydrogen) atoms. The van der Waals surface area contributed by atoms with E-state index < -0.39 is 0 Å². The fourth-order valence-electron chi connectivity index (χ4n) is 3.61. The Hall–Kier alpha value is -3.92. The molecule has 4 aromatic carbocycles. The number of anilines is 2. The monoisotopic (exact) mass is 424 g/mol. The lowest BCUT2D eigenvalue weighted by atomic mass is 10.1. The first-order chi connectivity index (χ1) is 15.6. The van der Waals surface area contributed by atoms with Gasteiger partial charge in [-0.1, -0.05) is 38.1 Å². The highest BCUT2D eigenvalue weighted by atomic mass is 16.5. The van der Waals surface area contributed by atoms with Crippen LogP contribution in [0.15, 0.2) is 84.9 Å². The first kappa shape index (κ1) is 21.3. The van der Waals surface area contributed by atoms with Crippen molar-refractivity contribution in [3.63, 3.8) is 0 Å². The van der Waals surface area contributed by atoms with Crippen LogP contribution in [0.1, 0.15) is 25.0 Å². The maximum atomic E-state index is 5.99. The highest BCUT2D eigenvalue weighted by molar-refractivity contribution is 5.65. The zero-order chi connectivity index (χ0) is 22.5. The van der Waals surface area contributed by atoms with Gasteiger partial charge in [0.15, 0.2) is 0 Å². The summed E-state index contributed by atoms with van der Waals surface area (Å²) in [6.45, 7) is 4.16. The Morgan fingerprint density at radius 3 is 1.19 bits per heavy atom. The molecule has 4 aromatic rings. The summed E-state index contributed by atoms with van der Waals surface area (Å²) in [6.07, 6.45) is 1.75. The van der Waals surface area contributed by atoms with Gasteiger partial charge < -0.3 is 20.9 Å². The lowest BCUT2D eigenvalue weighted by Crippen LogP contribution is -1.94. The van der Waals surface area contributed by atoms with Crippen molar-refractivity contribution in [2.45, 2.75) is 26.7 Å². The number of hydrogen-bond acceptors (Lipinski definition) is 4. The Morgan fingerprint density at radius 2 is 0.844 bits per heavy atom. The summed E-state index contributed by atoms with van der Waals surface area (Å²) in [5, 5.41) is 0. The third-order valence-electron chi connectivity index (χ3n) is 5.50. The molecule has 0 bridgehead atoms. The minimum atomic E-state index is 0.788. The molecule has 0 saturated heterocycles. The van der Waals surface area contributed by atoms with E-state index in [1.54, 1.807) is 0 Å². The maximum absolute atomic E-state index is 5.99. The number of benzene rings is 4. The number of nitrogens with two attached hydrogens (primary N) is 2. The van der Waals surface area contributed by atoms with Gasteiger partial charge in [-0.05, 0) is 95.8 Å². The summed E-state index contributed by atoms with van der Waals surface area (Å²) in [4.78, 5) is 0. The van der Waals surface area contributed by atoms with Crippen molar-refractivity contribution in [2.24, 2.45) is 0 Å². The second kappa shape index (κ2) is 9.48.